The van der Waals surface area contributed by atoms with Gasteiger partial charge in [-0.1, -0.05) is 19.1 Å². The summed E-state index contributed by atoms with van der Waals surface area (Å²) in [7, 11) is -6.99. The molecule has 0 saturated heterocycles. The van der Waals surface area contributed by atoms with E-state index in [1.54, 1.807) is 24.3 Å². The van der Waals surface area contributed by atoms with Gasteiger partial charge >= 0.3 is 0 Å². The highest BCUT2D eigenvalue weighted by Gasteiger charge is 2.23. The lowest BCUT2D eigenvalue weighted by Crippen LogP contribution is -2.35. The molecule has 0 fully saturated rings. The van der Waals surface area contributed by atoms with Crippen LogP contribution in [0.4, 0.5) is 5.69 Å². The van der Waals surface area contributed by atoms with Crippen molar-refractivity contribution in [3.63, 3.8) is 0 Å². The smallest absolute Gasteiger partial charge is 0.236 e. The number of sulfonamides is 1. The van der Waals surface area contributed by atoms with Crippen LogP contribution >= 0.6 is 0 Å². The molecule has 0 aliphatic carbocycles. The lowest BCUT2D eigenvalue weighted by molar-refractivity contribution is 0.586. The average molecular weight is 334 g/mol. The molecular formula is C13H22N2O4S2. The SMILES string of the molecule is CCCN(c1ccc(CN)cc1)S(=O)(=O)CCS(C)(=O)=O. The average Bonchev–Trinajstić information content (AvgIpc) is 2.42. The molecule has 0 aliphatic rings. The molecule has 2 N–H and O–H groups in total. The second kappa shape index (κ2) is 7.24. The minimum atomic E-state index is -3.67. The fourth-order valence-corrected chi connectivity index (χ4v) is 4.97. The van der Waals surface area contributed by atoms with Gasteiger partial charge in [0.2, 0.25) is 10.0 Å². The Balaban J connectivity index is 3.03. The first-order valence-electron chi connectivity index (χ1n) is 6.66. The number of rotatable bonds is 8. The first-order chi connectivity index (χ1) is 9.69. The Morgan fingerprint density at radius 2 is 1.62 bits per heavy atom. The summed E-state index contributed by atoms with van der Waals surface area (Å²) in [5.41, 5.74) is 6.95. The molecule has 0 spiro atoms. The molecule has 6 nitrogen and oxygen atoms in total. The van der Waals surface area contributed by atoms with Crippen molar-refractivity contribution in [1.29, 1.82) is 0 Å². The molecule has 8 heteroatoms. The van der Waals surface area contributed by atoms with Gasteiger partial charge in [0.25, 0.3) is 0 Å². The number of anilines is 1. The van der Waals surface area contributed by atoms with E-state index in [0.29, 0.717) is 25.2 Å². The third kappa shape index (κ3) is 5.64. The molecule has 1 aromatic rings. The standard InChI is InChI=1S/C13H22N2O4S2/c1-3-8-15(13-6-4-12(11-14)5-7-13)21(18,19)10-9-20(2,16)17/h4-7H,3,8-11,14H2,1-2H3. The number of nitrogens with zero attached hydrogens (tertiary/aromatic N) is 1. The zero-order chi connectivity index (χ0) is 16.1. The number of hydrogen-bond acceptors (Lipinski definition) is 5. The molecule has 1 aromatic carbocycles. The Labute approximate surface area is 126 Å². The predicted octanol–water partition coefficient (Wildman–Crippen LogP) is 0.736. The first-order valence-corrected chi connectivity index (χ1v) is 10.3. The van der Waals surface area contributed by atoms with E-state index >= 15 is 0 Å². The zero-order valence-corrected chi connectivity index (χ0v) is 14.0. The summed E-state index contributed by atoms with van der Waals surface area (Å²) in [5, 5.41) is 0. The number of hydrogen-bond donors (Lipinski definition) is 1. The van der Waals surface area contributed by atoms with Crippen molar-refractivity contribution in [3.05, 3.63) is 29.8 Å². The van der Waals surface area contributed by atoms with E-state index in [2.05, 4.69) is 0 Å². The van der Waals surface area contributed by atoms with Crippen LogP contribution in [0.5, 0.6) is 0 Å². The fraction of sp³-hybridized carbons (Fsp3) is 0.538. The van der Waals surface area contributed by atoms with Crippen molar-refractivity contribution < 1.29 is 16.8 Å². The molecule has 0 aliphatic heterocycles. The maximum Gasteiger partial charge on any atom is 0.236 e. The summed E-state index contributed by atoms with van der Waals surface area (Å²) in [4.78, 5) is 0. The van der Waals surface area contributed by atoms with Crippen molar-refractivity contribution in [2.45, 2.75) is 19.9 Å². The van der Waals surface area contributed by atoms with Gasteiger partial charge in [-0.05, 0) is 24.1 Å². The Morgan fingerprint density at radius 3 is 2.05 bits per heavy atom. The monoisotopic (exact) mass is 334 g/mol. The summed E-state index contributed by atoms with van der Waals surface area (Å²) in [6.07, 6.45) is 1.67. The van der Waals surface area contributed by atoms with Crippen molar-refractivity contribution in [2.75, 3.05) is 28.6 Å². The van der Waals surface area contributed by atoms with E-state index in [1.807, 2.05) is 6.92 Å². The van der Waals surface area contributed by atoms with E-state index in [0.717, 1.165) is 11.8 Å². The van der Waals surface area contributed by atoms with Crippen LogP contribution < -0.4 is 10.0 Å². The molecule has 21 heavy (non-hydrogen) atoms. The maximum absolute atomic E-state index is 12.4. The molecular weight excluding hydrogens is 312 g/mol. The van der Waals surface area contributed by atoms with Crippen LogP contribution in [-0.2, 0) is 26.4 Å². The van der Waals surface area contributed by atoms with Gasteiger partial charge in [0.1, 0.15) is 9.84 Å². The molecule has 1 rings (SSSR count). The zero-order valence-electron chi connectivity index (χ0n) is 12.3. The van der Waals surface area contributed by atoms with Gasteiger partial charge < -0.3 is 5.73 Å². The summed E-state index contributed by atoms with van der Waals surface area (Å²) in [6.45, 7) is 2.57. The highest BCUT2D eigenvalue weighted by atomic mass is 32.2. The second-order valence-electron chi connectivity index (χ2n) is 4.89. The second-order valence-corrected chi connectivity index (χ2v) is 9.16. The molecule has 0 radical (unpaired) electrons. The van der Waals surface area contributed by atoms with E-state index in [9.17, 15) is 16.8 Å². The van der Waals surface area contributed by atoms with Gasteiger partial charge in [-0.2, -0.15) is 0 Å². The molecule has 0 saturated carbocycles. The third-order valence-electron chi connectivity index (χ3n) is 2.93. The topological polar surface area (TPSA) is 97.5 Å². The maximum atomic E-state index is 12.4. The molecule has 0 heterocycles. The Hall–Kier alpha value is -1.12. The van der Waals surface area contributed by atoms with Crippen LogP contribution in [-0.4, -0.2) is 41.1 Å². The van der Waals surface area contributed by atoms with Crippen LogP contribution in [0.2, 0.25) is 0 Å². The van der Waals surface area contributed by atoms with Crippen LogP contribution in [0.25, 0.3) is 0 Å². The molecule has 0 amide bonds. The van der Waals surface area contributed by atoms with E-state index in [-0.39, 0.29) is 5.75 Å². The van der Waals surface area contributed by atoms with E-state index in [1.165, 1.54) is 4.31 Å². The molecule has 120 valence electrons. The quantitative estimate of drug-likeness (QED) is 0.756. The summed E-state index contributed by atoms with van der Waals surface area (Å²) in [6, 6.07) is 6.92. The normalized spacial score (nSPS) is 12.3. The predicted molar refractivity (Wildman–Crippen MR) is 85.5 cm³/mol. The van der Waals surface area contributed by atoms with Gasteiger partial charge in [0.05, 0.1) is 17.2 Å². The van der Waals surface area contributed by atoms with E-state index < -0.39 is 25.6 Å². The minimum Gasteiger partial charge on any atom is -0.326 e. The van der Waals surface area contributed by atoms with Crippen molar-refractivity contribution in [3.8, 4) is 0 Å². The molecule has 0 atom stereocenters. The molecule has 0 aromatic heterocycles. The molecule has 0 unspecified atom stereocenters. The molecule has 0 bridgehead atoms. The van der Waals surface area contributed by atoms with Gasteiger partial charge in [0, 0.05) is 19.3 Å². The van der Waals surface area contributed by atoms with Gasteiger partial charge in [-0.3, -0.25) is 4.31 Å². The van der Waals surface area contributed by atoms with Crippen LogP contribution in [0.15, 0.2) is 24.3 Å². The highest BCUT2D eigenvalue weighted by molar-refractivity contribution is 7.95. The first kappa shape index (κ1) is 17.9. The lowest BCUT2D eigenvalue weighted by Gasteiger charge is -2.24. The Kier molecular flexibility index (Phi) is 6.18. The van der Waals surface area contributed by atoms with Gasteiger partial charge in [0.15, 0.2) is 0 Å². The Bertz CT molecular complexity index is 652. The fourth-order valence-electron chi connectivity index (χ4n) is 1.80. The van der Waals surface area contributed by atoms with E-state index in [4.69, 9.17) is 5.73 Å². The Morgan fingerprint density at radius 1 is 1.05 bits per heavy atom. The van der Waals surface area contributed by atoms with Crippen molar-refractivity contribution in [1.82, 2.24) is 0 Å². The van der Waals surface area contributed by atoms with Crippen LogP contribution in [0.3, 0.4) is 0 Å². The van der Waals surface area contributed by atoms with Crippen molar-refractivity contribution >= 4 is 25.5 Å². The summed E-state index contributed by atoms with van der Waals surface area (Å²) in [5.74, 6) is -0.791. The van der Waals surface area contributed by atoms with Crippen molar-refractivity contribution in [2.24, 2.45) is 5.73 Å². The minimum absolute atomic E-state index is 0.314. The number of nitrogens with two attached hydrogens (primary N) is 1. The lowest BCUT2D eigenvalue weighted by atomic mass is 10.2. The van der Waals surface area contributed by atoms with Gasteiger partial charge in [-0.25, -0.2) is 16.8 Å². The van der Waals surface area contributed by atoms with Crippen LogP contribution in [0.1, 0.15) is 18.9 Å². The number of benzene rings is 1. The van der Waals surface area contributed by atoms with Gasteiger partial charge in [-0.15, -0.1) is 0 Å². The van der Waals surface area contributed by atoms with Crippen LogP contribution in [0, 0.1) is 0 Å². The number of sulfone groups is 1. The summed E-state index contributed by atoms with van der Waals surface area (Å²) < 4.78 is 48.3. The summed E-state index contributed by atoms with van der Waals surface area (Å²) >= 11 is 0. The highest BCUT2D eigenvalue weighted by Crippen LogP contribution is 2.20. The largest absolute Gasteiger partial charge is 0.326 e. The third-order valence-corrected chi connectivity index (χ3v) is 5.92.